The molecule has 26 heavy (non-hydrogen) atoms. The maximum absolute atomic E-state index is 10.8. The number of Topliss-reactive ketones (excluding diaryl/α,β-unsaturated/α-hetero) is 1. The Kier molecular flexibility index (Phi) is 14.2. The molecule has 0 bridgehead atoms. The van der Waals surface area contributed by atoms with Gasteiger partial charge in [0.1, 0.15) is 0 Å². The van der Waals surface area contributed by atoms with E-state index in [0.717, 1.165) is 5.56 Å². The van der Waals surface area contributed by atoms with Crippen molar-refractivity contribution in [3.8, 4) is 0 Å². The molecule has 0 amide bonds. The van der Waals surface area contributed by atoms with Crippen molar-refractivity contribution in [1.82, 2.24) is 5.32 Å². The first-order valence-corrected chi connectivity index (χ1v) is 9.66. The minimum absolute atomic E-state index is 0.125. The Bertz CT molecular complexity index is 558. The lowest BCUT2D eigenvalue weighted by atomic mass is 10.1. The molecule has 2 heteroatoms. The summed E-state index contributed by atoms with van der Waals surface area (Å²) in [6.07, 6.45) is 5.45. The highest BCUT2D eigenvalue weighted by molar-refractivity contribution is 5.93. The Morgan fingerprint density at radius 1 is 0.769 bits per heavy atom. The second kappa shape index (κ2) is 15.3. The van der Waals surface area contributed by atoms with Gasteiger partial charge in [-0.1, -0.05) is 91.4 Å². The third-order valence-electron chi connectivity index (χ3n) is 3.96. The van der Waals surface area contributed by atoms with Crippen LogP contribution in [0.15, 0.2) is 48.5 Å². The smallest absolute Gasteiger partial charge is 0.159 e. The largest absolute Gasteiger partial charge is 0.320 e. The molecule has 0 heterocycles. The van der Waals surface area contributed by atoms with Crippen LogP contribution in [0.2, 0.25) is 0 Å². The minimum atomic E-state index is 0.125. The predicted octanol–water partition coefficient (Wildman–Crippen LogP) is 6.29. The van der Waals surface area contributed by atoms with Crippen LogP contribution in [-0.4, -0.2) is 19.4 Å². The molecule has 0 spiro atoms. The molecule has 144 valence electrons. The van der Waals surface area contributed by atoms with Gasteiger partial charge in [-0.2, -0.15) is 0 Å². The number of rotatable bonds is 6. The molecule has 1 N–H and O–H groups in total. The van der Waals surface area contributed by atoms with E-state index in [1.165, 1.54) is 48.9 Å². The van der Waals surface area contributed by atoms with Crippen LogP contribution in [0, 0.1) is 20.8 Å². The zero-order chi connectivity index (χ0) is 19.8. The van der Waals surface area contributed by atoms with Crippen molar-refractivity contribution >= 4 is 5.78 Å². The number of carbonyl (C=O) groups excluding carboxylic acids is 1. The van der Waals surface area contributed by atoms with Crippen molar-refractivity contribution in [1.29, 1.82) is 0 Å². The quantitative estimate of drug-likeness (QED) is 0.487. The average Bonchev–Trinajstić information content (AvgIpc) is 2.63. The van der Waals surface area contributed by atoms with Crippen molar-refractivity contribution in [3.63, 3.8) is 0 Å². The molecule has 2 rings (SSSR count). The standard InChI is InChI=1S/C9H10O.C8H10.C7H17N/c1-7-3-5-9(6-4-7)8(2)10;1-7-3-5-8(2)6-4-7;1-3-4-5-6-7-8-2/h3-6H,1-2H3;3-6H,1-2H3;8H,3-7H2,1-2H3. The third-order valence-corrected chi connectivity index (χ3v) is 3.96. The van der Waals surface area contributed by atoms with E-state index in [9.17, 15) is 4.79 Å². The number of benzene rings is 2. The fraction of sp³-hybridized carbons (Fsp3) is 0.458. The molecule has 0 saturated heterocycles. The fourth-order valence-corrected chi connectivity index (χ4v) is 2.15. The lowest BCUT2D eigenvalue weighted by Crippen LogP contribution is -2.06. The van der Waals surface area contributed by atoms with Gasteiger partial charge >= 0.3 is 0 Å². The second-order valence-electron chi connectivity index (χ2n) is 6.74. The van der Waals surface area contributed by atoms with Crippen LogP contribution in [0.1, 0.15) is 66.6 Å². The summed E-state index contributed by atoms with van der Waals surface area (Å²) in [7, 11) is 2.01. The normalized spacial score (nSPS) is 9.46. The molecular weight excluding hydrogens is 318 g/mol. The molecule has 0 saturated carbocycles. The predicted molar refractivity (Wildman–Crippen MR) is 115 cm³/mol. The highest BCUT2D eigenvalue weighted by atomic mass is 16.1. The molecule has 0 aromatic heterocycles. The number of ketones is 1. The first kappa shape index (κ1) is 24.1. The lowest BCUT2D eigenvalue weighted by Gasteiger charge is -1.95. The fourth-order valence-electron chi connectivity index (χ4n) is 2.15. The summed E-state index contributed by atoms with van der Waals surface area (Å²) in [6, 6.07) is 16.1. The SMILES string of the molecule is CC(=O)c1ccc(C)cc1.CCCCCCNC.Cc1ccc(C)cc1. The number of carbonyl (C=O) groups is 1. The van der Waals surface area contributed by atoms with Gasteiger partial charge in [0.2, 0.25) is 0 Å². The summed E-state index contributed by atoms with van der Waals surface area (Å²) in [5, 5.41) is 3.13. The molecule has 0 aliphatic carbocycles. The van der Waals surface area contributed by atoms with Gasteiger partial charge in [0.15, 0.2) is 5.78 Å². The number of hydrogen-bond donors (Lipinski definition) is 1. The Morgan fingerprint density at radius 3 is 1.54 bits per heavy atom. The van der Waals surface area contributed by atoms with E-state index < -0.39 is 0 Å². The van der Waals surface area contributed by atoms with Crippen LogP contribution < -0.4 is 5.32 Å². The van der Waals surface area contributed by atoms with Crippen LogP contribution >= 0.6 is 0 Å². The average molecular weight is 356 g/mol. The van der Waals surface area contributed by atoms with Crippen molar-refractivity contribution < 1.29 is 4.79 Å². The molecule has 0 atom stereocenters. The Hall–Kier alpha value is -1.93. The Balaban J connectivity index is 0.000000365. The van der Waals surface area contributed by atoms with E-state index in [1.807, 2.05) is 38.2 Å². The van der Waals surface area contributed by atoms with Gasteiger partial charge in [0.25, 0.3) is 0 Å². The highest BCUT2D eigenvalue weighted by Gasteiger charge is 1.95. The van der Waals surface area contributed by atoms with Crippen LogP contribution in [0.5, 0.6) is 0 Å². The maximum Gasteiger partial charge on any atom is 0.159 e. The minimum Gasteiger partial charge on any atom is -0.320 e. The zero-order valence-electron chi connectivity index (χ0n) is 17.6. The van der Waals surface area contributed by atoms with Gasteiger partial charge in [-0.15, -0.1) is 0 Å². The Labute approximate surface area is 161 Å². The van der Waals surface area contributed by atoms with Gasteiger partial charge in [0, 0.05) is 5.56 Å². The van der Waals surface area contributed by atoms with Crippen molar-refractivity contribution in [2.75, 3.05) is 13.6 Å². The molecule has 2 nitrogen and oxygen atoms in total. The summed E-state index contributed by atoms with van der Waals surface area (Å²) < 4.78 is 0. The van der Waals surface area contributed by atoms with E-state index in [-0.39, 0.29) is 5.78 Å². The number of unbranched alkanes of at least 4 members (excludes halogenated alkanes) is 3. The molecule has 0 radical (unpaired) electrons. The zero-order valence-corrected chi connectivity index (χ0v) is 17.6. The summed E-state index contributed by atoms with van der Waals surface area (Å²) in [5.74, 6) is 0.125. The van der Waals surface area contributed by atoms with E-state index in [1.54, 1.807) is 6.92 Å². The number of nitrogens with one attached hydrogen (secondary N) is 1. The summed E-state index contributed by atoms with van der Waals surface area (Å²) >= 11 is 0. The monoisotopic (exact) mass is 355 g/mol. The summed E-state index contributed by atoms with van der Waals surface area (Å²) in [6.45, 7) is 11.2. The van der Waals surface area contributed by atoms with Crippen LogP contribution in [0.4, 0.5) is 0 Å². The van der Waals surface area contributed by atoms with Crippen LogP contribution in [0.25, 0.3) is 0 Å². The second-order valence-corrected chi connectivity index (χ2v) is 6.74. The first-order chi connectivity index (χ1) is 12.4. The molecule has 2 aromatic rings. The van der Waals surface area contributed by atoms with Crippen molar-refractivity contribution in [2.24, 2.45) is 0 Å². The third kappa shape index (κ3) is 13.4. The van der Waals surface area contributed by atoms with E-state index in [2.05, 4.69) is 50.4 Å². The van der Waals surface area contributed by atoms with Gasteiger partial charge in [0.05, 0.1) is 0 Å². The van der Waals surface area contributed by atoms with E-state index in [0.29, 0.717) is 0 Å². The molecule has 2 aromatic carbocycles. The Morgan fingerprint density at radius 2 is 1.19 bits per heavy atom. The van der Waals surface area contributed by atoms with Crippen LogP contribution in [0.3, 0.4) is 0 Å². The lowest BCUT2D eigenvalue weighted by molar-refractivity contribution is 0.101. The molecule has 0 unspecified atom stereocenters. The highest BCUT2D eigenvalue weighted by Crippen LogP contribution is 2.02. The molecular formula is C24H37NO. The van der Waals surface area contributed by atoms with E-state index >= 15 is 0 Å². The van der Waals surface area contributed by atoms with Crippen molar-refractivity contribution in [2.45, 2.75) is 60.3 Å². The van der Waals surface area contributed by atoms with E-state index in [4.69, 9.17) is 0 Å². The number of aryl methyl sites for hydroxylation is 3. The summed E-state index contributed by atoms with van der Waals surface area (Å²) in [5.41, 5.74) is 4.63. The summed E-state index contributed by atoms with van der Waals surface area (Å²) in [4.78, 5) is 10.8. The first-order valence-electron chi connectivity index (χ1n) is 9.66. The number of hydrogen-bond acceptors (Lipinski definition) is 2. The van der Waals surface area contributed by atoms with Gasteiger partial charge in [-0.05, 0) is 47.7 Å². The molecule has 0 aliphatic heterocycles. The maximum atomic E-state index is 10.8. The van der Waals surface area contributed by atoms with Gasteiger partial charge in [-0.3, -0.25) is 4.79 Å². The van der Waals surface area contributed by atoms with Crippen LogP contribution in [-0.2, 0) is 0 Å². The van der Waals surface area contributed by atoms with Gasteiger partial charge < -0.3 is 5.32 Å². The molecule has 0 fully saturated rings. The van der Waals surface area contributed by atoms with Gasteiger partial charge in [-0.25, -0.2) is 0 Å². The topological polar surface area (TPSA) is 29.1 Å². The molecule has 0 aliphatic rings. The van der Waals surface area contributed by atoms with Crippen molar-refractivity contribution in [3.05, 3.63) is 70.8 Å².